The summed E-state index contributed by atoms with van der Waals surface area (Å²) in [4.78, 5) is 4.19. The second kappa shape index (κ2) is 4.87. The highest BCUT2D eigenvalue weighted by atomic mass is 79.9. The first kappa shape index (κ1) is 12.7. The highest BCUT2D eigenvalue weighted by Gasteiger charge is 2.12. The van der Waals surface area contributed by atoms with Crippen molar-refractivity contribution < 1.29 is 0 Å². The number of benzene rings is 1. The van der Waals surface area contributed by atoms with Gasteiger partial charge in [0.2, 0.25) is 0 Å². The van der Waals surface area contributed by atoms with Crippen LogP contribution in [0.1, 0.15) is 5.56 Å². The number of nitrogens with zero attached hydrogens (tertiary/aromatic N) is 1. The fourth-order valence-corrected chi connectivity index (χ4v) is 2.77. The van der Waals surface area contributed by atoms with E-state index < -0.39 is 0 Å². The van der Waals surface area contributed by atoms with Gasteiger partial charge in [-0.1, -0.05) is 34.8 Å². The van der Waals surface area contributed by atoms with Crippen LogP contribution in [-0.2, 0) is 5.88 Å². The monoisotopic (exact) mass is 357 g/mol. The van der Waals surface area contributed by atoms with Gasteiger partial charge in [-0.3, -0.25) is 0 Å². The van der Waals surface area contributed by atoms with Gasteiger partial charge in [0.25, 0.3) is 0 Å². The van der Waals surface area contributed by atoms with Crippen LogP contribution in [0.5, 0.6) is 0 Å². The highest BCUT2D eigenvalue weighted by molar-refractivity contribution is 9.10. The van der Waals surface area contributed by atoms with Crippen LogP contribution in [-0.4, -0.2) is 4.98 Å². The maximum absolute atomic E-state index is 6.08. The lowest BCUT2D eigenvalue weighted by Crippen LogP contribution is -1.89. The van der Waals surface area contributed by atoms with E-state index in [4.69, 9.17) is 46.4 Å². The molecule has 1 aromatic heterocycles. The molecule has 2 rings (SSSR count). The summed E-state index contributed by atoms with van der Waals surface area (Å²) in [6, 6.07) is 3.69. The quantitative estimate of drug-likeness (QED) is 0.362. The fourth-order valence-electron chi connectivity index (χ4n) is 1.34. The Balaban J connectivity index is 2.86. The molecule has 6 heteroatoms. The van der Waals surface area contributed by atoms with Crippen LogP contribution in [0.15, 0.2) is 16.6 Å². The van der Waals surface area contributed by atoms with Crippen LogP contribution in [0, 0.1) is 0 Å². The molecule has 0 unspecified atom stereocenters. The van der Waals surface area contributed by atoms with Gasteiger partial charge >= 0.3 is 0 Å². The molecule has 1 aromatic carbocycles. The lowest BCUT2D eigenvalue weighted by atomic mass is 10.2. The second-order valence-electron chi connectivity index (χ2n) is 3.13. The first-order valence-electron chi connectivity index (χ1n) is 4.23. The first-order valence-corrected chi connectivity index (χ1v) is 6.69. The molecule has 1 nitrogen and oxygen atoms in total. The molecule has 0 aliphatic rings. The number of hydrogen-bond acceptors (Lipinski definition) is 1. The molecule has 0 amide bonds. The lowest BCUT2D eigenvalue weighted by Gasteiger charge is -2.07. The number of rotatable bonds is 1. The van der Waals surface area contributed by atoms with E-state index in [1.165, 1.54) is 0 Å². The van der Waals surface area contributed by atoms with Crippen LogP contribution in [0.3, 0.4) is 0 Å². The van der Waals surface area contributed by atoms with Crippen LogP contribution >= 0.6 is 62.3 Å². The maximum Gasteiger partial charge on any atom is 0.134 e. The summed E-state index contributed by atoms with van der Waals surface area (Å²) in [5.74, 6) is 0.305. The Hall–Kier alpha value is 0.270. The summed E-state index contributed by atoms with van der Waals surface area (Å²) in [7, 11) is 0. The SMILES string of the molecule is ClCc1cc2cc(Br)c(Cl)c(Cl)c2nc1Cl. The van der Waals surface area contributed by atoms with E-state index in [0.717, 1.165) is 15.4 Å². The van der Waals surface area contributed by atoms with E-state index >= 15 is 0 Å². The molecule has 0 spiro atoms. The van der Waals surface area contributed by atoms with E-state index in [2.05, 4.69) is 20.9 Å². The third-order valence-electron chi connectivity index (χ3n) is 2.11. The van der Waals surface area contributed by atoms with E-state index in [-0.39, 0.29) is 0 Å². The second-order valence-corrected chi connectivity index (χ2v) is 5.37. The molecule has 0 fully saturated rings. The summed E-state index contributed by atoms with van der Waals surface area (Å²) in [6.07, 6.45) is 0. The Labute approximate surface area is 121 Å². The van der Waals surface area contributed by atoms with Crippen molar-refractivity contribution in [2.45, 2.75) is 5.88 Å². The Bertz CT molecular complexity index is 570. The molecule has 0 saturated carbocycles. The molecule has 0 bridgehead atoms. The predicted molar refractivity (Wildman–Crippen MR) is 74.0 cm³/mol. The molecule has 84 valence electrons. The van der Waals surface area contributed by atoms with Crippen molar-refractivity contribution in [3.8, 4) is 0 Å². The highest BCUT2D eigenvalue weighted by Crippen LogP contribution is 2.37. The molecule has 0 aliphatic heterocycles. The largest absolute Gasteiger partial charge is 0.234 e. The number of alkyl halides is 1. The van der Waals surface area contributed by atoms with Gasteiger partial charge in [0.1, 0.15) is 5.15 Å². The summed E-state index contributed by atoms with van der Waals surface area (Å²) >= 11 is 27.1. The standard InChI is InChI=1S/C10H4BrCl4N/c11-6-2-4-1-5(3-12)10(15)16-9(4)8(14)7(6)13/h1-2H,3H2. The summed E-state index contributed by atoms with van der Waals surface area (Å²) in [5, 5.41) is 2.01. The van der Waals surface area contributed by atoms with Gasteiger partial charge in [0, 0.05) is 15.4 Å². The minimum atomic E-state index is 0.305. The average Bonchev–Trinajstić information content (AvgIpc) is 2.27. The summed E-state index contributed by atoms with van der Waals surface area (Å²) in [6.45, 7) is 0. The van der Waals surface area contributed by atoms with E-state index in [1.54, 1.807) is 0 Å². The predicted octanol–water partition coefficient (Wildman–Crippen LogP) is 5.70. The van der Waals surface area contributed by atoms with Gasteiger partial charge in [0.15, 0.2) is 0 Å². The van der Waals surface area contributed by atoms with Crippen molar-refractivity contribution >= 4 is 73.2 Å². The van der Waals surface area contributed by atoms with Crippen LogP contribution in [0.25, 0.3) is 10.9 Å². The molecule has 0 saturated heterocycles. The van der Waals surface area contributed by atoms with Crippen molar-refractivity contribution in [1.82, 2.24) is 4.98 Å². The number of halogens is 5. The van der Waals surface area contributed by atoms with Gasteiger partial charge in [-0.2, -0.15) is 0 Å². The lowest BCUT2D eigenvalue weighted by molar-refractivity contribution is 1.30. The number of aromatic nitrogens is 1. The minimum Gasteiger partial charge on any atom is -0.234 e. The Morgan fingerprint density at radius 2 is 1.81 bits per heavy atom. The topological polar surface area (TPSA) is 12.9 Å². The minimum absolute atomic E-state index is 0.305. The van der Waals surface area contributed by atoms with E-state index in [9.17, 15) is 0 Å². The van der Waals surface area contributed by atoms with Crippen molar-refractivity contribution in [3.05, 3.63) is 37.4 Å². The normalized spacial score (nSPS) is 11.1. The van der Waals surface area contributed by atoms with Crippen molar-refractivity contribution in [2.75, 3.05) is 0 Å². The molecule has 2 aromatic rings. The molecule has 16 heavy (non-hydrogen) atoms. The average molecular weight is 360 g/mol. The van der Waals surface area contributed by atoms with Crippen molar-refractivity contribution in [3.63, 3.8) is 0 Å². The summed E-state index contributed by atoms with van der Waals surface area (Å²) < 4.78 is 0.719. The zero-order valence-corrected chi connectivity index (χ0v) is 12.3. The Kier molecular flexibility index (Phi) is 3.87. The first-order chi connectivity index (χ1) is 7.54. The van der Waals surface area contributed by atoms with E-state index in [0.29, 0.717) is 26.6 Å². The molecule has 0 radical (unpaired) electrons. The molecule has 0 N–H and O–H groups in total. The van der Waals surface area contributed by atoms with Crippen LogP contribution < -0.4 is 0 Å². The molecule has 0 aliphatic carbocycles. The van der Waals surface area contributed by atoms with Gasteiger partial charge in [-0.25, -0.2) is 4.98 Å². The zero-order valence-electron chi connectivity index (χ0n) is 7.70. The zero-order chi connectivity index (χ0) is 11.9. The van der Waals surface area contributed by atoms with Gasteiger partial charge in [-0.05, 0) is 28.1 Å². The van der Waals surface area contributed by atoms with Gasteiger partial charge in [-0.15, -0.1) is 11.6 Å². The Morgan fingerprint density at radius 1 is 1.12 bits per heavy atom. The third-order valence-corrected chi connectivity index (χ3v) is 4.44. The maximum atomic E-state index is 6.08. The number of pyridine rings is 1. The molecular weight excluding hydrogens is 356 g/mol. The van der Waals surface area contributed by atoms with Crippen LogP contribution in [0.4, 0.5) is 0 Å². The molecule has 0 atom stereocenters. The van der Waals surface area contributed by atoms with Crippen LogP contribution in [0.2, 0.25) is 15.2 Å². The van der Waals surface area contributed by atoms with Crippen molar-refractivity contribution in [2.24, 2.45) is 0 Å². The molecule has 1 heterocycles. The Morgan fingerprint density at radius 3 is 2.44 bits per heavy atom. The van der Waals surface area contributed by atoms with Crippen molar-refractivity contribution in [1.29, 1.82) is 0 Å². The molecular formula is C10H4BrCl4N. The number of hydrogen-bond donors (Lipinski definition) is 0. The summed E-state index contributed by atoms with van der Waals surface area (Å²) in [5.41, 5.74) is 1.34. The fraction of sp³-hybridized carbons (Fsp3) is 0.100. The van der Waals surface area contributed by atoms with Gasteiger partial charge < -0.3 is 0 Å². The van der Waals surface area contributed by atoms with E-state index in [1.807, 2.05) is 12.1 Å². The van der Waals surface area contributed by atoms with Gasteiger partial charge in [0.05, 0.1) is 21.4 Å². The third kappa shape index (κ3) is 2.14. The smallest absolute Gasteiger partial charge is 0.134 e. The number of fused-ring (bicyclic) bond motifs is 1.